The summed E-state index contributed by atoms with van der Waals surface area (Å²) in [5.41, 5.74) is 3.81. The number of nitrogens with one attached hydrogen (secondary N) is 1. The molecule has 0 aliphatic heterocycles. The van der Waals surface area contributed by atoms with Gasteiger partial charge in [0.2, 0.25) is 0 Å². The lowest BCUT2D eigenvalue weighted by Crippen LogP contribution is -2.30. The predicted molar refractivity (Wildman–Crippen MR) is 134 cm³/mol. The zero-order valence-electron chi connectivity index (χ0n) is 17.4. The molecule has 3 heteroatoms. The van der Waals surface area contributed by atoms with Crippen LogP contribution in [0.3, 0.4) is 0 Å². The highest BCUT2D eigenvalue weighted by molar-refractivity contribution is 6.31. The maximum Gasteiger partial charge on any atom is 0.155 e. The van der Waals surface area contributed by atoms with Crippen molar-refractivity contribution in [1.29, 1.82) is 0 Å². The molecule has 0 bridgehead atoms. The van der Waals surface area contributed by atoms with E-state index in [1.165, 1.54) is 0 Å². The van der Waals surface area contributed by atoms with Crippen LogP contribution in [-0.2, 0) is 5.60 Å². The first-order valence-electron chi connectivity index (χ1n) is 10.5. The monoisotopic (exact) mass is 435 g/mol. The standard InChI is InChI=1S/C29H22ClNO/c30-24-17-19-25-26(18-16-21-10-4-1-5-11-21)28(31-27(25)20-24)29(32,22-12-6-2-7-13-22)23-14-8-3-9-15-23/h1-20,31-32H/b18-16+. The van der Waals surface area contributed by atoms with Crippen molar-refractivity contribution in [2.24, 2.45) is 0 Å². The van der Waals surface area contributed by atoms with Crippen molar-refractivity contribution in [3.05, 3.63) is 142 Å². The minimum absolute atomic E-state index is 0.645. The number of halogens is 1. The summed E-state index contributed by atoms with van der Waals surface area (Å²) in [7, 11) is 0. The Morgan fingerprint density at radius 2 is 1.25 bits per heavy atom. The van der Waals surface area contributed by atoms with Gasteiger partial charge in [0.15, 0.2) is 5.60 Å². The van der Waals surface area contributed by atoms with Gasteiger partial charge in [0.25, 0.3) is 0 Å². The average molecular weight is 436 g/mol. The first-order valence-corrected chi connectivity index (χ1v) is 10.9. The zero-order valence-corrected chi connectivity index (χ0v) is 18.1. The number of hydrogen-bond donors (Lipinski definition) is 2. The van der Waals surface area contributed by atoms with Gasteiger partial charge in [-0.05, 0) is 28.8 Å². The van der Waals surface area contributed by atoms with Crippen LogP contribution >= 0.6 is 11.6 Å². The fraction of sp³-hybridized carbons (Fsp3) is 0.0345. The van der Waals surface area contributed by atoms with E-state index in [1.807, 2.05) is 97.1 Å². The zero-order chi connectivity index (χ0) is 22.0. The predicted octanol–water partition coefficient (Wildman–Crippen LogP) is 7.28. The highest BCUT2D eigenvalue weighted by Gasteiger charge is 2.37. The normalized spacial score (nSPS) is 11.9. The summed E-state index contributed by atoms with van der Waals surface area (Å²) in [6, 6.07) is 35.4. The van der Waals surface area contributed by atoms with E-state index in [4.69, 9.17) is 11.6 Å². The average Bonchev–Trinajstić information content (AvgIpc) is 3.22. The van der Waals surface area contributed by atoms with Crippen molar-refractivity contribution >= 4 is 34.7 Å². The molecule has 5 aromatic rings. The minimum Gasteiger partial charge on any atom is -0.375 e. The van der Waals surface area contributed by atoms with Crippen LogP contribution in [0.25, 0.3) is 23.1 Å². The van der Waals surface area contributed by atoms with Crippen LogP contribution in [-0.4, -0.2) is 10.1 Å². The van der Waals surface area contributed by atoms with E-state index in [2.05, 4.69) is 29.3 Å². The second-order valence-corrected chi connectivity index (χ2v) is 8.23. The van der Waals surface area contributed by atoms with E-state index in [9.17, 15) is 5.11 Å². The molecule has 2 N–H and O–H groups in total. The van der Waals surface area contributed by atoms with E-state index >= 15 is 0 Å². The summed E-state index contributed by atoms with van der Waals surface area (Å²) in [4.78, 5) is 3.49. The van der Waals surface area contributed by atoms with E-state index in [1.54, 1.807) is 0 Å². The molecule has 0 saturated carbocycles. The molecule has 0 spiro atoms. The van der Waals surface area contributed by atoms with Crippen LogP contribution < -0.4 is 0 Å². The van der Waals surface area contributed by atoms with E-state index in [0.29, 0.717) is 10.7 Å². The number of aromatic nitrogens is 1. The van der Waals surface area contributed by atoms with Crippen molar-refractivity contribution in [3.8, 4) is 0 Å². The highest BCUT2D eigenvalue weighted by Crippen LogP contribution is 2.41. The fourth-order valence-electron chi connectivity index (χ4n) is 4.21. The molecule has 0 fully saturated rings. The summed E-state index contributed by atoms with van der Waals surface area (Å²) in [5.74, 6) is 0. The molecule has 32 heavy (non-hydrogen) atoms. The Hall–Kier alpha value is -3.59. The molecule has 1 heterocycles. The molecule has 0 radical (unpaired) electrons. The van der Waals surface area contributed by atoms with Gasteiger partial charge in [-0.3, -0.25) is 0 Å². The summed E-state index contributed by atoms with van der Waals surface area (Å²) in [5, 5.41) is 14.0. The lowest BCUT2D eigenvalue weighted by atomic mass is 9.81. The minimum atomic E-state index is -1.37. The van der Waals surface area contributed by atoms with Crippen molar-refractivity contribution < 1.29 is 5.11 Å². The molecule has 0 amide bonds. The number of hydrogen-bond acceptors (Lipinski definition) is 1. The molecule has 0 saturated heterocycles. The Bertz CT molecular complexity index is 1330. The van der Waals surface area contributed by atoms with Gasteiger partial charge in [0.05, 0.1) is 5.69 Å². The molecule has 1 aromatic heterocycles. The number of rotatable bonds is 5. The van der Waals surface area contributed by atoms with Gasteiger partial charge < -0.3 is 10.1 Å². The third-order valence-corrected chi connectivity index (χ3v) is 6.02. The first kappa shape index (κ1) is 20.3. The Kier molecular flexibility index (Phi) is 5.40. The highest BCUT2D eigenvalue weighted by atomic mass is 35.5. The van der Waals surface area contributed by atoms with E-state index in [0.717, 1.165) is 33.2 Å². The van der Waals surface area contributed by atoms with Gasteiger partial charge >= 0.3 is 0 Å². The van der Waals surface area contributed by atoms with Crippen LogP contribution in [0.5, 0.6) is 0 Å². The van der Waals surface area contributed by atoms with Crippen LogP contribution in [0.1, 0.15) is 27.9 Å². The number of H-pyrrole nitrogens is 1. The Labute approximate surface area is 192 Å². The van der Waals surface area contributed by atoms with Gasteiger partial charge in [-0.15, -0.1) is 0 Å². The van der Waals surface area contributed by atoms with Crippen LogP contribution in [0.4, 0.5) is 0 Å². The number of aliphatic hydroxyl groups is 1. The smallest absolute Gasteiger partial charge is 0.155 e. The molecule has 2 nitrogen and oxygen atoms in total. The Balaban J connectivity index is 1.80. The van der Waals surface area contributed by atoms with Gasteiger partial charge in [0.1, 0.15) is 0 Å². The SMILES string of the molecule is OC(c1ccccc1)(c1ccccc1)c1[nH]c2cc(Cl)ccc2c1/C=C/c1ccccc1. The summed E-state index contributed by atoms with van der Waals surface area (Å²) >= 11 is 6.30. The molecule has 0 aliphatic rings. The molecular weight excluding hydrogens is 414 g/mol. The second kappa shape index (κ2) is 8.51. The summed E-state index contributed by atoms with van der Waals surface area (Å²) < 4.78 is 0. The van der Waals surface area contributed by atoms with Gasteiger partial charge in [0, 0.05) is 21.5 Å². The third-order valence-electron chi connectivity index (χ3n) is 5.79. The number of benzene rings is 4. The van der Waals surface area contributed by atoms with Crippen molar-refractivity contribution in [2.75, 3.05) is 0 Å². The van der Waals surface area contributed by atoms with Crippen molar-refractivity contribution in [1.82, 2.24) is 4.98 Å². The topological polar surface area (TPSA) is 36.0 Å². The summed E-state index contributed by atoms with van der Waals surface area (Å²) in [6.45, 7) is 0. The molecular formula is C29H22ClNO. The quantitative estimate of drug-likeness (QED) is 0.299. The molecule has 5 rings (SSSR count). The Morgan fingerprint density at radius 3 is 1.84 bits per heavy atom. The first-order chi connectivity index (χ1) is 15.7. The fourth-order valence-corrected chi connectivity index (χ4v) is 4.38. The summed E-state index contributed by atoms with van der Waals surface area (Å²) in [6.07, 6.45) is 4.13. The van der Waals surface area contributed by atoms with Crippen LogP contribution in [0.15, 0.2) is 109 Å². The molecule has 156 valence electrons. The molecule has 0 unspecified atom stereocenters. The maximum atomic E-state index is 12.4. The Morgan fingerprint density at radius 1 is 0.688 bits per heavy atom. The van der Waals surface area contributed by atoms with Crippen molar-refractivity contribution in [3.63, 3.8) is 0 Å². The van der Waals surface area contributed by atoms with Crippen LogP contribution in [0.2, 0.25) is 5.02 Å². The van der Waals surface area contributed by atoms with Gasteiger partial charge in [-0.2, -0.15) is 0 Å². The van der Waals surface area contributed by atoms with Crippen molar-refractivity contribution in [2.45, 2.75) is 5.60 Å². The number of fused-ring (bicyclic) bond motifs is 1. The van der Waals surface area contributed by atoms with Crippen LogP contribution in [0, 0.1) is 0 Å². The maximum absolute atomic E-state index is 12.4. The van der Waals surface area contributed by atoms with E-state index < -0.39 is 5.60 Å². The van der Waals surface area contributed by atoms with E-state index in [-0.39, 0.29) is 0 Å². The van der Waals surface area contributed by atoms with Gasteiger partial charge in [-0.25, -0.2) is 0 Å². The lowest BCUT2D eigenvalue weighted by molar-refractivity contribution is 0.121. The molecule has 4 aromatic carbocycles. The largest absolute Gasteiger partial charge is 0.375 e. The molecule has 0 atom stereocenters. The lowest BCUT2D eigenvalue weighted by Gasteiger charge is -2.29. The number of aromatic amines is 1. The second-order valence-electron chi connectivity index (χ2n) is 7.79. The van der Waals surface area contributed by atoms with Gasteiger partial charge in [-0.1, -0.05) is 121 Å². The molecule has 0 aliphatic carbocycles. The third kappa shape index (κ3) is 3.64.